The van der Waals surface area contributed by atoms with Crippen molar-refractivity contribution in [3.05, 3.63) is 114 Å². The van der Waals surface area contributed by atoms with Crippen LogP contribution in [0.5, 0.6) is 0 Å². The Balaban J connectivity index is 1.66. The second-order valence-electron chi connectivity index (χ2n) is 7.76. The first-order valence-electron chi connectivity index (χ1n) is 10.6. The zero-order valence-corrected chi connectivity index (χ0v) is 20.1. The molecule has 0 bridgehead atoms. The van der Waals surface area contributed by atoms with Crippen LogP contribution in [0.4, 0.5) is 11.4 Å². The third-order valence-electron chi connectivity index (χ3n) is 5.30. The minimum Gasteiger partial charge on any atom is -0.324 e. The van der Waals surface area contributed by atoms with Crippen molar-refractivity contribution in [2.75, 3.05) is 16.2 Å². The molecule has 0 spiro atoms. The lowest BCUT2D eigenvalue weighted by molar-refractivity contribution is -0.114. The van der Waals surface area contributed by atoms with Gasteiger partial charge in [-0.2, -0.15) is 0 Å². The number of carbonyl (C=O) groups is 1. The predicted octanol–water partition coefficient (Wildman–Crippen LogP) is 6.15. The number of para-hydroxylation sites is 1. The Morgan fingerprint density at radius 3 is 2.12 bits per heavy atom. The van der Waals surface area contributed by atoms with Gasteiger partial charge in [-0.05, 0) is 55.0 Å². The number of anilines is 2. The van der Waals surface area contributed by atoms with Crippen LogP contribution in [-0.2, 0) is 14.8 Å². The lowest BCUT2D eigenvalue weighted by Gasteiger charge is -2.24. The quantitative estimate of drug-likeness (QED) is 0.338. The lowest BCUT2D eigenvalue weighted by atomic mass is 10.0. The molecule has 7 heteroatoms. The van der Waals surface area contributed by atoms with E-state index < -0.39 is 22.5 Å². The predicted molar refractivity (Wildman–Crippen MR) is 138 cm³/mol. The smallest absolute Gasteiger partial charge is 0.264 e. The van der Waals surface area contributed by atoms with E-state index in [9.17, 15) is 13.2 Å². The van der Waals surface area contributed by atoms with Crippen molar-refractivity contribution in [1.82, 2.24) is 0 Å². The molecule has 4 aromatic rings. The minimum absolute atomic E-state index is 0.102. The number of hydrogen-bond donors (Lipinski definition) is 1. The average molecular weight is 491 g/mol. The van der Waals surface area contributed by atoms with Gasteiger partial charge in [-0.1, -0.05) is 77.8 Å². The fraction of sp³-hybridized carbons (Fsp3) is 0.0741. The van der Waals surface area contributed by atoms with Gasteiger partial charge in [0.25, 0.3) is 10.0 Å². The number of halogens is 1. The van der Waals surface area contributed by atoms with Crippen LogP contribution < -0.4 is 9.62 Å². The molecule has 0 saturated heterocycles. The summed E-state index contributed by atoms with van der Waals surface area (Å²) in [7, 11) is -4.00. The summed E-state index contributed by atoms with van der Waals surface area (Å²) in [6.07, 6.45) is 0. The summed E-state index contributed by atoms with van der Waals surface area (Å²) in [4.78, 5) is 13.2. The Labute approximate surface area is 204 Å². The van der Waals surface area contributed by atoms with E-state index in [1.807, 2.05) is 55.5 Å². The van der Waals surface area contributed by atoms with E-state index in [4.69, 9.17) is 11.6 Å². The number of nitrogens with one attached hydrogen (secondary N) is 1. The fourth-order valence-electron chi connectivity index (χ4n) is 3.54. The molecule has 1 amide bonds. The fourth-order valence-corrected chi connectivity index (χ4v) is 5.09. The summed E-state index contributed by atoms with van der Waals surface area (Å²) in [6.45, 7) is 1.48. The molecule has 0 saturated carbocycles. The number of sulfonamides is 1. The van der Waals surface area contributed by atoms with Crippen LogP contribution in [0.3, 0.4) is 0 Å². The van der Waals surface area contributed by atoms with Gasteiger partial charge in [-0.15, -0.1) is 0 Å². The maximum atomic E-state index is 13.5. The Morgan fingerprint density at radius 1 is 0.824 bits per heavy atom. The molecule has 0 fully saturated rings. The highest BCUT2D eigenvalue weighted by atomic mass is 35.5. The highest BCUT2D eigenvalue weighted by Crippen LogP contribution is 2.29. The standard InChI is InChI=1S/C27H23ClN2O3S/c1-20-11-17-24(18-12-20)34(32,33)30(23-15-13-22(28)14-16-23)19-27(31)29-26-10-6-5-9-25(26)21-7-3-2-4-8-21/h2-18H,19H2,1H3,(H,29,31). The Hall–Kier alpha value is -3.61. The molecule has 0 aromatic heterocycles. The monoisotopic (exact) mass is 490 g/mol. The zero-order chi connectivity index (χ0) is 24.1. The summed E-state index contributed by atoms with van der Waals surface area (Å²) < 4.78 is 28.1. The third-order valence-corrected chi connectivity index (χ3v) is 7.34. The van der Waals surface area contributed by atoms with Crippen molar-refractivity contribution < 1.29 is 13.2 Å². The van der Waals surface area contributed by atoms with Crippen molar-refractivity contribution in [1.29, 1.82) is 0 Å². The van der Waals surface area contributed by atoms with Crippen molar-refractivity contribution in [2.24, 2.45) is 0 Å². The van der Waals surface area contributed by atoms with E-state index in [1.165, 1.54) is 12.1 Å². The van der Waals surface area contributed by atoms with Gasteiger partial charge in [0.2, 0.25) is 5.91 Å². The summed E-state index contributed by atoms with van der Waals surface area (Å²) in [5, 5.41) is 3.35. The molecule has 1 N–H and O–H groups in total. The van der Waals surface area contributed by atoms with E-state index in [0.29, 0.717) is 16.4 Å². The molecule has 4 rings (SSSR count). The molecule has 0 aliphatic carbocycles. The molecule has 0 aliphatic rings. The van der Waals surface area contributed by atoms with Crippen molar-refractivity contribution >= 4 is 38.9 Å². The van der Waals surface area contributed by atoms with E-state index in [2.05, 4.69) is 5.32 Å². The van der Waals surface area contributed by atoms with Crippen LogP contribution in [0.25, 0.3) is 11.1 Å². The lowest BCUT2D eigenvalue weighted by Crippen LogP contribution is -2.38. The van der Waals surface area contributed by atoms with Gasteiger partial charge in [0, 0.05) is 16.3 Å². The van der Waals surface area contributed by atoms with Gasteiger partial charge < -0.3 is 5.32 Å². The Bertz CT molecular complexity index is 1390. The molecule has 0 atom stereocenters. The SMILES string of the molecule is Cc1ccc(S(=O)(=O)N(CC(=O)Nc2ccccc2-c2ccccc2)c2ccc(Cl)cc2)cc1. The van der Waals surface area contributed by atoms with Gasteiger partial charge in [0.1, 0.15) is 6.54 Å². The summed E-state index contributed by atoms with van der Waals surface area (Å²) in [5.41, 5.74) is 3.67. The largest absolute Gasteiger partial charge is 0.324 e. The van der Waals surface area contributed by atoms with E-state index in [1.54, 1.807) is 42.5 Å². The van der Waals surface area contributed by atoms with Gasteiger partial charge in [0.15, 0.2) is 0 Å². The molecule has 0 radical (unpaired) electrons. The zero-order valence-electron chi connectivity index (χ0n) is 18.5. The Morgan fingerprint density at radius 2 is 1.44 bits per heavy atom. The third kappa shape index (κ3) is 5.30. The number of amides is 1. The highest BCUT2D eigenvalue weighted by molar-refractivity contribution is 7.92. The second kappa shape index (κ2) is 10.1. The van der Waals surface area contributed by atoms with Gasteiger partial charge in [-0.3, -0.25) is 9.10 Å². The molecule has 0 unspecified atom stereocenters. The van der Waals surface area contributed by atoms with Crippen LogP contribution in [0.1, 0.15) is 5.56 Å². The van der Waals surface area contributed by atoms with Gasteiger partial charge in [-0.25, -0.2) is 8.42 Å². The average Bonchev–Trinajstić information content (AvgIpc) is 2.84. The second-order valence-corrected chi connectivity index (χ2v) is 10.1. The normalized spacial score (nSPS) is 11.1. The topological polar surface area (TPSA) is 66.5 Å². The van der Waals surface area contributed by atoms with Crippen molar-refractivity contribution in [3.63, 3.8) is 0 Å². The molecule has 4 aromatic carbocycles. The van der Waals surface area contributed by atoms with E-state index in [-0.39, 0.29) is 4.90 Å². The maximum Gasteiger partial charge on any atom is 0.264 e. The molecule has 172 valence electrons. The number of nitrogens with zero attached hydrogens (tertiary/aromatic N) is 1. The van der Waals surface area contributed by atoms with Crippen LogP contribution >= 0.6 is 11.6 Å². The molecule has 34 heavy (non-hydrogen) atoms. The number of aryl methyl sites for hydroxylation is 1. The van der Waals surface area contributed by atoms with Crippen LogP contribution in [0.15, 0.2) is 108 Å². The number of hydrogen-bond acceptors (Lipinski definition) is 3. The first kappa shape index (κ1) is 23.5. The van der Waals surface area contributed by atoms with Gasteiger partial charge in [0.05, 0.1) is 10.6 Å². The number of carbonyl (C=O) groups excluding carboxylic acids is 1. The van der Waals surface area contributed by atoms with Crippen LogP contribution in [0.2, 0.25) is 5.02 Å². The number of benzene rings is 4. The van der Waals surface area contributed by atoms with Crippen LogP contribution in [-0.4, -0.2) is 20.9 Å². The minimum atomic E-state index is -4.00. The summed E-state index contributed by atoms with van der Waals surface area (Å²) in [6, 6.07) is 30.0. The first-order valence-corrected chi connectivity index (χ1v) is 12.5. The summed E-state index contributed by atoms with van der Waals surface area (Å²) in [5.74, 6) is -0.464. The van der Waals surface area contributed by atoms with Crippen LogP contribution in [0, 0.1) is 6.92 Å². The molecular weight excluding hydrogens is 468 g/mol. The Kier molecular flexibility index (Phi) is 7.01. The highest BCUT2D eigenvalue weighted by Gasteiger charge is 2.27. The van der Waals surface area contributed by atoms with E-state index >= 15 is 0 Å². The van der Waals surface area contributed by atoms with Crippen molar-refractivity contribution in [2.45, 2.75) is 11.8 Å². The molecule has 0 aliphatic heterocycles. The number of rotatable bonds is 7. The van der Waals surface area contributed by atoms with E-state index in [0.717, 1.165) is 21.0 Å². The summed E-state index contributed by atoms with van der Waals surface area (Å²) >= 11 is 6.01. The first-order chi connectivity index (χ1) is 16.3. The molecule has 0 heterocycles. The maximum absolute atomic E-state index is 13.5. The molecular formula is C27H23ClN2O3S. The van der Waals surface area contributed by atoms with Gasteiger partial charge >= 0.3 is 0 Å². The van der Waals surface area contributed by atoms with Crippen molar-refractivity contribution in [3.8, 4) is 11.1 Å². The molecule has 5 nitrogen and oxygen atoms in total.